The monoisotopic (exact) mass is 440 g/mol. The highest BCUT2D eigenvalue weighted by molar-refractivity contribution is 5.87. The molecule has 2 rings (SSSR count). The van der Waals surface area contributed by atoms with Gasteiger partial charge in [-0.25, -0.2) is 9.18 Å². The third-order valence-electron chi connectivity index (χ3n) is 4.95. The van der Waals surface area contributed by atoms with E-state index in [1.54, 1.807) is 0 Å². The molecule has 1 saturated heterocycles. The third-order valence-corrected chi connectivity index (χ3v) is 4.95. The number of piperazine rings is 1. The van der Waals surface area contributed by atoms with E-state index in [9.17, 15) is 9.18 Å². The summed E-state index contributed by atoms with van der Waals surface area (Å²) in [6, 6.07) is 3.74. The molecule has 0 aromatic heterocycles. The van der Waals surface area contributed by atoms with Gasteiger partial charge in [0.2, 0.25) is 0 Å². The molecule has 0 bridgehead atoms. The van der Waals surface area contributed by atoms with Gasteiger partial charge in [-0.2, -0.15) is 0 Å². The van der Waals surface area contributed by atoms with Crippen LogP contribution in [0, 0.1) is 11.2 Å². The summed E-state index contributed by atoms with van der Waals surface area (Å²) in [7, 11) is 0. The predicted octanol–water partition coefficient (Wildman–Crippen LogP) is 5.79. The topological polar surface area (TPSA) is 53.0 Å². The molecule has 5 nitrogen and oxygen atoms in total. The van der Waals surface area contributed by atoms with E-state index >= 15 is 0 Å². The molecule has 0 radical (unpaired) electrons. The first-order valence-corrected chi connectivity index (χ1v) is 11.8. The Morgan fingerprint density at radius 1 is 1.00 bits per heavy atom. The molecule has 1 aliphatic heterocycles. The summed E-state index contributed by atoms with van der Waals surface area (Å²) in [6.45, 7) is 22.0. The Bertz CT molecular complexity index is 609. The molecule has 0 saturated carbocycles. The second-order valence-electron chi connectivity index (χ2n) is 8.50. The van der Waals surface area contributed by atoms with E-state index < -0.39 is 11.8 Å². The van der Waals surface area contributed by atoms with Crippen molar-refractivity contribution in [3.8, 4) is 5.75 Å². The average molecular weight is 441 g/mol. The highest BCUT2D eigenvalue weighted by Crippen LogP contribution is 2.20. The lowest BCUT2D eigenvalue weighted by atomic mass is 9.92. The van der Waals surface area contributed by atoms with Gasteiger partial charge in [-0.15, -0.1) is 0 Å². The van der Waals surface area contributed by atoms with Crippen LogP contribution in [0.2, 0.25) is 0 Å². The minimum Gasteiger partial charge on any atom is -0.491 e. The highest BCUT2D eigenvalue weighted by Gasteiger charge is 2.18. The maximum atomic E-state index is 13.8. The number of carbonyl (C=O) groups is 1. The van der Waals surface area contributed by atoms with Gasteiger partial charge in [0.05, 0.1) is 12.2 Å². The zero-order valence-corrected chi connectivity index (χ0v) is 20.8. The number of halogens is 1. The Morgan fingerprint density at radius 2 is 1.55 bits per heavy atom. The van der Waals surface area contributed by atoms with E-state index in [4.69, 9.17) is 9.84 Å². The molecule has 0 spiro atoms. The Morgan fingerprint density at radius 3 is 2.03 bits per heavy atom. The molecule has 31 heavy (non-hydrogen) atoms. The zero-order valence-electron chi connectivity index (χ0n) is 20.8. The van der Waals surface area contributed by atoms with Crippen molar-refractivity contribution in [3.63, 3.8) is 0 Å². The quantitative estimate of drug-likeness (QED) is 0.493. The van der Waals surface area contributed by atoms with Gasteiger partial charge < -0.3 is 19.6 Å². The van der Waals surface area contributed by atoms with Crippen molar-refractivity contribution in [1.82, 2.24) is 9.80 Å². The predicted molar refractivity (Wildman–Crippen MR) is 128 cm³/mol. The van der Waals surface area contributed by atoms with E-state index in [1.165, 1.54) is 25.1 Å². The first-order chi connectivity index (χ1) is 14.7. The summed E-state index contributed by atoms with van der Waals surface area (Å²) >= 11 is 0. The Hall–Kier alpha value is -1.66. The molecule has 1 N–H and O–H groups in total. The molecule has 1 aromatic rings. The van der Waals surface area contributed by atoms with Crippen molar-refractivity contribution in [2.75, 3.05) is 45.9 Å². The number of hydrogen-bond donors (Lipinski definition) is 1. The molecule has 1 fully saturated rings. The fourth-order valence-corrected chi connectivity index (χ4v) is 3.10. The van der Waals surface area contributed by atoms with Crippen molar-refractivity contribution in [1.29, 1.82) is 0 Å². The SMILES string of the molecule is CC.CC.CC(C)(C)CCN1CCN(CCCCOc2ccc(C(=O)O)cc2F)CC1. The lowest BCUT2D eigenvalue weighted by molar-refractivity contribution is 0.0696. The van der Waals surface area contributed by atoms with Crippen molar-refractivity contribution in [2.45, 2.75) is 67.7 Å². The molecule has 0 aliphatic carbocycles. The standard InChI is InChI=1S/C21H33FN2O3.2C2H6/c1-21(2,3)8-10-24-13-11-23(12-14-24)9-4-5-15-27-19-7-6-17(20(25)26)16-18(19)22;2*1-2/h6-7,16H,4-5,8-15H2,1-3H3,(H,25,26);2*1-2H3. The van der Waals surface area contributed by atoms with Crippen LogP contribution in [0.5, 0.6) is 5.75 Å². The van der Waals surface area contributed by atoms with Gasteiger partial charge >= 0.3 is 5.97 Å². The minimum atomic E-state index is -1.14. The molecule has 0 unspecified atom stereocenters. The van der Waals surface area contributed by atoms with Gasteiger partial charge in [0.1, 0.15) is 0 Å². The molecular formula is C25H45FN2O3. The maximum absolute atomic E-state index is 13.8. The molecule has 0 amide bonds. The van der Waals surface area contributed by atoms with Gasteiger partial charge in [-0.05, 0) is 56.0 Å². The summed E-state index contributed by atoms with van der Waals surface area (Å²) in [5.41, 5.74) is 0.325. The molecule has 6 heteroatoms. The fraction of sp³-hybridized carbons (Fsp3) is 0.720. The molecule has 180 valence electrons. The normalized spacial score (nSPS) is 14.7. The van der Waals surface area contributed by atoms with Crippen LogP contribution in [0.1, 0.15) is 78.1 Å². The summed E-state index contributed by atoms with van der Waals surface area (Å²) in [4.78, 5) is 15.8. The van der Waals surface area contributed by atoms with E-state index in [-0.39, 0.29) is 11.3 Å². The number of carboxylic acids is 1. The number of aromatic carboxylic acids is 1. The van der Waals surface area contributed by atoms with Crippen molar-refractivity contribution in [2.24, 2.45) is 5.41 Å². The lowest BCUT2D eigenvalue weighted by Crippen LogP contribution is -2.47. The van der Waals surface area contributed by atoms with Crippen LogP contribution in [-0.4, -0.2) is 66.8 Å². The smallest absolute Gasteiger partial charge is 0.335 e. The van der Waals surface area contributed by atoms with Crippen LogP contribution in [0.3, 0.4) is 0 Å². The third kappa shape index (κ3) is 12.7. The number of unbranched alkanes of at least 4 members (excludes halogenated alkanes) is 1. The summed E-state index contributed by atoms with van der Waals surface area (Å²) in [6.07, 6.45) is 3.09. The number of rotatable bonds is 9. The fourth-order valence-electron chi connectivity index (χ4n) is 3.10. The highest BCUT2D eigenvalue weighted by atomic mass is 19.1. The largest absolute Gasteiger partial charge is 0.491 e. The van der Waals surface area contributed by atoms with Crippen molar-refractivity contribution < 1.29 is 19.0 Å². The molecular weight excluding hydrogens is 395 g/mol. The van der Waals surface area contributed by atoms with Gasteiger partial charge in [-0.3, -0.25) is 0 Å². The molecule has 1 aromatic carbocycles. The van der Waals surface area contributed by atoms with E-state index in [0.717, 1.165) is 51.6 Å². The molecule has 0 atom stereocenters. The second kappa shape index (κ2) is 16.0. The van der Waals surface area contributed by atoms with Gasteiger partial charge in [0, 0.05) is 26.2 Å². The number of nitrogens with zero attached hydrogens (tertiary/aromatic N) is 2. The second-order valence-corrected chi connectivity index (χ2v) is 8.50. The number of hydrogen-bond acceptors (Lipinski definition) is 4. The van der Waals surface area contributed by atoms with Crippen LogP contribution in [0.4, 0.5) is 4.39 Å². The summed E-state index contributed by atoms with van der Waals surface area (Å²) in [5, 5.41) is 8.84. The van der Waals surface area contributed by atoms with Crippen LogP contribution in [0.15, 0.2) is 18.2 Å². The Kier molecular flexibility index (Phi) is 15.2. The van der Waals surface area contributed by atoms with Crippen molar-refractivity contribution >= 4 is 5.97 Å². The maximum Gasteiger partial charge on any atom is 0.335 e. The number of ether oxygens (including phenoxy) is 1. The first-order valence-electron chi connectivity index (χ1n) is 11.8. The Labute approximate surface area is 189 Å². The zero-order chi connectivity index (χ0) is 23.9. The molecule has 1 aliphatic rings. The van der Waals surface area contributed by atoms with E-state index in [2.05, 4.69) is 30.6 Å². The molecule has 1 heterocycles. The van der Waals surface area contributed by atoms with Gasteiger partial charge in [0.15, 0.2) is 11.6 Å². The van der Waals surface area contributed by atoms with E-state index in [1.807, 2.05) is 27.7 Å². The lowest BCUT2D eigenvalue weighted by Gasteiger charge is -2.36. The minimum absolute atomic E-state index is 0.0681. The van der Waals surface area contributed by atoms with Crippen molar-refractivity contribution in [3.05, 3.63) is 29.6 Å². The van der Waals surface area contributed by atoms with Crippen LogP contribution in [0.25, 0.3) is 0 Å². The average Bonchev–Trinajstić information content (AvgIpc) is 2.76. The summed E-state index contributed by atoms with van der Waals surface area (Å²) in [5.74, 6) is -1.65. The van der Waals surface area contributed by atoms with Gasteiger partial charge in [0.25, 0.3) is 0 Å². The van der Waals surface area contributed by atoms with Crippen LogP contribution < -0.4 is 4.74 Å². The number of carboxylic acid groups (broad SMARTS) is 1. The van der Waals surface area contributed by atoms with E-state index in [0.29, 0.717) is 12.0 Å². The Balaban J connectivity index is 0.00000212. The summed E-state index contributed by atoms with van der Waals surface area (Å²) < 4.78 is 19.2. The first kappa shape index (κ1) is 29.3. The van der Waals surface area contributed by atoms with Crippen LogP contribution in [-0.2, 0) is 0 Å². The number of benzene rings is 1. The van der Waals surface area contributed by atoms with Crippen LogP contribution >= 0.6 is 0 Å². The van der Waals surface area contributed by atoms with Gasteiger partial charge in [-0.1, -0.05) is 48.5 Å².